The second-order valence-corrected chi connectivity index (χ2v) is 8.95. The molecule has 3 aromatic rings. The second kappa shape index (κ2) is 11.9. The minimum Gasteiger partial charge on any atom is -0.459 e. The number of ether oxygens (including phenoxy) is 4. The molecule has 0 unspecified atom stereocenters. The van der Waals surface area contributed by atoms with Gasteiger partial charge < -0.3 is 18.9 Å². The zero-order valence-corrected chi connectivity index (χ0v) is 20.4. The highest BCUT2D eigenvalue weighted by Gasteiger charge is 2.53. The quantitative estimate of drug-likeness (QED) is 0.225. The topological polar surface area (TPSA) is 132 Å². The van der Waals surface area contributed by atoms with Crippen molar-refractivity contribution in [2.24, 2.45) is 0 Å². The number of rotatable bonds is 9. The van der Waals surface area contributed by atoms with Crippen LogP contribution in [0.25, 0.3) is 0 Å². The van der Waals surface area contributed by atoms with Gasteiger partial charge in [-0.15, -0.1) is 0 Å². The molecule has 0 aromatic heterocycles. The van der Waals surface area contributed by atoms with Crippen molar-refractivity contribution in [3.63, 3.8) is 0 Å². The molecule has 12 heteroatoms. The first kappa shape index (κ1) is 26.9. The van der Waals surface area contributed by atoms with Gasteiger partial charge in [0.2, 0.25) is 6.29 Å². The summed E-state index contributed by atoms with van der Waals surface area (Å²) in [6.07, 6.45) is -6.85. The fourth-order valence-electron chi connectivity index (χ4n) is 3.63. The fourth-order valence-corrected chi connectivity index (χ4v) is 4.09. The van der Waals surface area contributed by atoms with E-state index >= 15 is 0 Å². The van der Waals surface area contributed by atoms with Crippen LogP contribution in [0, 0.1) is 0 Å². The molecule has 0 spiro atoms. The summed E-state index contributed by atoms with van der Waals surface area (Å²) in [6.45, 7) is -0.577. The van der Waals surface area contributed by atoms with Crippen LogP contribution in [0.3, 0.4) is 0 Å². The molecule has 38 heavy (non-hydrogen) atoms. The molecule has 0 N–H and O–H groups in total. The molecular weight excluding hydrogens is 523 g/mol. The van der Waals surface area contributed by atoms with Crippen molar-refractivity contribution in [3.05, 3.63) is 108 Å². The first-order valence-electron chi connectivity index (χ1n) is 11.2. The van der Waals surface area contributed by atoms with Gasteiger partial charge in [-0.25, -0.2) is 18.6 Å². The number of benzene rings is 3. The Balaban J connectivity index is 1.60. The van der Waals surface area contributed by atoms with E-state index in [1.165, 1.54) is 36.4 Å². The van der Waals surface area contributed by atoms with Crippen LogP contribution in [-0.2, 0) is 33.6 Å². The maximum absolute atomic E-state index is 13.7. The van der Waals surface area contributed by atoms with Crippen molar-refractivity contribution in [2.75, 3.05) is 6.61 Å². The van der Waals surface area contributed by atoms with Gasteiger partial charge in [0, 0.05) is 0 Å². The molecule has 4 rings (SSSR count). The third-order valence-electron chi connectivity index (χ3n) is 5.37. The van der Waals surface area contributed by atoms with Crippen LogP contribution in [-0.4, -0.2) is 57.5 Å². The Kier molecular flexibility index (Phi) is 8.46. The standard InChI is InChI=1S/C26H21FO10S/c27-38(31,32)37-22-21(35-24(29)18-12-6-2-7-13-18)20(16-33-23(28)17-10-4-1-5-11-17)34-26(22)36-25(30)19-14-8-3-9-15-19/h1-15,20-22,26H,16H2/t20-,21-,22-,26-/m1/s1. The monoisotopic (exact) mass is 544 g/mol. The molecule has 1 heterocycles. The van der Waals surface area contributed by atoms with Crippen molar-refractivity contribution < 1.29 is 49.8 Å². The van der Waals surface area contributed by atoms with Gasteiger partial charge in [-0.1, -0.05) is 58.5 Å². The third-order valence-corrected chi connectivity index (χ3v) is 5.82. The molecule has 0 amide bonds. The van der Waals surface area contributed by atoms with Gasteiger partial charge in [-0.2, -0.15) is 8.42 Å². The normalized spacial score (nSPS) is 20.9. The minimum absolute atomic E-state index is 0.0785. The Morgan fingerprint density at radius 2 is 1.13 bits per heavy atom. The molecule has 0 bridgehead atoms. The molecule has 1 fully saturated rings. The molecular formula is C26H21FO10S. The van der Waals surface area contributed by atoms with E-state index in [2.05, 4.69) is 4.18 Å². The average molecular weight is 545 g/mol. The fraction of sp³-hybridized carbons (Fsp3) is 0.192. The molecule has 1 saturated heterocycles. The van der Waals surface area contributed by atoms with Crippen molar-refractivity contribution in [1.82, 2.24) is 0 Å². The van der Waals surface area contributed by atoms with Crippen molar-refractivity contribution in [1.29, 1.82) is 0 Å². The first-order valence-corrected chi connectivity index (χ1v) is 12.5. The molecule has 3 aromatic carbocycles. The summed E-state index contributed by atoms with van der Waals surface area (Å²) in [5.74, 6) is -2.64. The predicted molar refractivity (Wildman–Crippen MR) is 128 cm³/mol. The van der Waals surface area contributed by atoms with E-state index in [-0.39, 0.29) is 16.7 Å². The zero-order chi connectivity index (χ0) is 27.1. The van der Waals surface area contributed by atoms with E-state index in [1.54, 1.807) is 54.6 Å². The van der Waals surface area contributed by atoms with E-state index in [4.69, 9.17) is 18.9 Å². The number of hydrogen-bond acceptors (Lipinski definition) is 10. The maximum Gasteiger partial charge on any atom is 0.438 e. The predicted octanol–water partition coefficient (Wildman–Crippen LogP) is 3.25. The van der Waals surface area contributed by atoms with Crippen LogP contribution in [0.2, 0.25) is 0 Å². The number of halogens is 1. The molecule has 1 aliphatic heterocycles. The molecule has 0 radical (unpaired) electrons. The summed E-state index contributed by atoms with van der Waals surface area (Å²) in [7, 11) is -5.64. The SMILES string of the molecule is O=C(OC[C@H]1O[C@H](OC(=O)c2ccccc2)[C@H](OS(=O)(=O)F)[C@@H]1OC(=O)c1ccccc1)c1ccccc1. The highest BCUT2D eigenvalue weighted by molar-refractivity contribution is 7.81. The Morgan fingerprint density at radius 3 is 1.61 bits per heavy atom. The summed E-state index contributed by atoms with van der Waals surface area (Å²) >= 11 is 0. The molecule has 1 aliphatic rings. The Labute approximate surface area is 217 Å². The number of hydrogen-bond donors (Lipinski definition) is 0. The Hall–Kier alpha value is -4.13. The molecule has 10 nitrogen and oxygen atoms in total. The zero-order valence-electron chi connectivity index (χ0n) is 19.5. The van der Waals surface area contributed by atoms with Crippen LogP contribution in [0.5, 0.6) is 0 Å². The third kappa shape index (κ3) is 7.00. The molecule has 0 saturated carbocycles. The molecule has 198 valence electrons. The molecule has 0 aliphatic carbocycles. The second-order valence-electron chi connectivity index (χ2n) is 7.97. The smallest absolute Gasteiger partial charge is 0.438 e. The summed E-state index contributed by atoms with van der Waals surface area (Å²) in [5.41, 5.74) is 0.364. The number of carbonyl (C=O) groups is 3. The largest absolute Gasteiger partial charge is 0.459 e. The molecule has 4 atom stereocenters. The van der Waals surface area contributed by atoms with E-state index in [0.29, 0.717) is 0 Å². The van der Waals surface area contributed by atoms with Gasteiger partial charge >= 0.3 is 28.4 Å². The lowest BCUT2D eigenvalue weighted by Crippen LogP contribution is -2.42. The van der Waals surface area contributed by atoms with Crippen molar-refractivity contribution in [2.45, 2.75) is 24.6 Å². The summed E-state index contributed by atoms with van der Waals surface area (Å²) < 4.78 is 62.6. The first-order chi connectivity index (χ1) is 18.2. The Bertz CT molecular complexity index is 1370. The lowest BCUT2D eigenvalue weighted by atomic mass is 10.1. The van der Waals surface area contributed by atoms with E-state index in [9.17, 15) is 26.7 Å². The van der Waals surface area contributed by atoms with Crippen molar-refractivity contribution in [3.8, 4) is 0 Å². The van der Waals surface area contributed by atoms with Gasteiger partial charge in [0.05, 0.1) is 16.7 Å². The van der Waals surface area contributed by atoms with Crippen LogP contribution < -0.4 is 0 Å². The van der Waals surface area contributed by atoms with Crippen LogP contribution in [0.1, 0.15) is 31.1 Å². The summed E-state index contributed by atoms with van der Waals surface area (Å²) in [6, 6.07) is 23.2. The van der Waals surface area contributed by atoms with Gasteiger partial charge in [-0.3, -0.25) is 0 Å². The summed E-state index contributed by atoms with van der Waals surface area (Å²) in [4.78, 5) is 37.8. The average Bonchev–Trinajstić information content (AvgIpc) is 3.22. The summed E-state index contributed by atoms with van der Waals surface area (Å²) in [5, 5.41) is 0. The highest BCUT2D eigenvalue weighted by Crippen LogP contribution is 2.31. The Morgan fingerprint density at radius 1 is 0.684 bits per heavy atom. The number of carbonyl (C=O) groups excluding carboxylic acids is 3. The lowest BCUT2D eigenvalue weighted by Gasteiger charge is -2.22. The van der Waals surface area contributed by atoms with Crippen LogP contribution >= 0.6 is 0 Å². The van der Waals surface area contributed by atoms with E-state index in [0.717, 1.165) is 0 Å². The van der Waals surface area contributed by atoms with E-state index in [1.807, 2.05) is 0 Å². The van der Waals surface area contributed by atoms with Gasteiger partial charge in [0.1, 0.15) is 12.7 Å². The maximum atomic E-state index is 13.7. The van der Waals surface area contributed by atoms with Crippen molar-refractivity contribution >= 4 is 28.4 Å². The van der Waals surface area contributed by atoms with Crippen LogP contribution in [0.15, 0.2) is 91.0 Å². The van der Waals surface area contributed by atoms with Crippen LogP contribution in [0.4, 0.5) is 3.89 Å². The lowest BCUT2D eigenvalue weighted by molar-refractivity contribution is -0.135. The highest BCUT2D eigenvalue weighted by atomic mass is 32.3. The van der Waals surface area contributed by atoms with E-state index < -0.39 is 59.6 Å². The number of esters is 3. The van der Waals surface area contributed by atoms with Gasteiger partial charge in [0.25, 0.3) is 0 Å². The van der Waals surface area contributed by atoms with Gasteiger partial charge in [-0.05, 0) is 36.4 Å². The van der Waals surface area contributed by atoms with Gasteiger partial charge in [0.15, 0.2) is 12.2 Å². The minimum atomic E-state index is -5.64.